The van der Waals surface area contributed by atoms with Crippen molar-refractivity contribution in [3.05, 3.63) is 59.2 Å². The standard InChI is InChI=1S/C16H17FN2O/c1-10-3-4-11(9-19-10)15-8-14(18-2)13-6-5-12(17)7-16(13)20-15/h3-7,9,14-15,18H,8H2,1-2H3. The van der Waals surface area contributed by atoms with Crippen LogP contribution in [0.15, 0.2) is 36.5 Å². The third-order valence-electron chi connectivity index (χ3n) is 3.72. The number of aromatic nitrogens is 1. The van der Waals surface area contributed by atoms with Gasteiger partial charge in [-0.3, -0.25) is 4.98 Å². The van der Waals surface area contributed by atoms with Gasteiger partial charge in [0.25, 0.3) is 0 Å². The summed E-state index contributed by atoms with van der Waals surface area (Å²) in [6.45, 7) is 1.95. The molecule has 0 saturated heterocycles. The minimum Gasteiger partial charge on any atom is -0.485 e. The number of hydrogen-bond acceptors (Lipinski definition) is 3. The Labute approximate surface area is 117 Å². The average molecular weight is 272 g/mol. The predicted octanol–water partition coefficient (Wildman–Crippen LogP) is 3.31. The molecule has 2 atom stereocenters. The molecule has 0 bridgehead atoms. The van der Waals surface area contributed by atoms with Crippen LogP contribution in [-0.4, -0.2) is 12.0 Å². The quantitative estimate of drug-likeness (QED) is 0.910. The summed E-state index contributed by atoms with van der Waals surface area (Å²) in [5.74, 6) is 0.336. The molecule has 3 rings (SSSR count). The van der Waals surface area contributed by atoms with Crippen LogP contribution in [0.5, 0.6) is 5.75 Å². The highest BCUT2D eigenvalue weighted by molar-refractivity contribution is 5.39. The number of halogens is 1. The number of rotatable bonds is 2. The molecule has 1 aromatic heterocycles. The molecular weight excluding hydrogens is 255 g/mol. The van der Waals surface area contributed by atoms with E-state index in [9.17, 15) is 4.39 Å². The number of ether oxygens (including phenoxy) is 1. The van der Waals surface area contributed by atoms with Crippen molar-refractivity contribution in [2.75, 3.05) is 7.05 Å². The fraction of sp³-hybridized carbons (Fsp3) is 0.312. The van der Waals surface area contributed by atoms with Crippen LogP contribution >= 0.6 is 0 Å². The van der Waals surface area contributed by atoms with Gasteiger partial charge in [-0.05, 0) is 26.1 Å². The van der Waals surface area contributed by atoms with Gasteiger partial charge in [-0.15, -0.1) is 0 Å². The van der Waals surface area contributed by atoms with Crippen LogP contribution in [0, 0.1) is 12.7 Å². The Balaban J connectivity index is 1.95. The number of nitrogens with one attached hydrogen (secondary N) is 1. The van der Waals surface area contributed by atoms with Crippen LogP contribution in [0.4, 0.5) is 4.39 Å². The highest BCUT2D eigenvalue weighted by atomic mass is 19.1. The van der Waals surface area contributed by atoms with Crippen molar-refractivity contribution in [1.29, 1.82) is 0 Å². The van der Waals surface area contributed by atoms with Crippen molar-refractivity contribution in [3.63, 3.8) is 0 Å². The molecule has 3 nitrogen and oxygen atoms in total. The van der Waals surface area contributed by atoms with Gasteiger partial charge in [-0.25, -0.2) is 4.39 Å². The molecule has 0 radical (unpaired) electrons. The minimum atomic E-state index is -0.277. The molecule has 104 valence electrons. The maximum atomic E-state index is 13.4. The second-order valence-electron chi connectivity index (χ2n) is 5.10. The van der Waals surface area contributed by atoms with Gasteiger partial charge in [0.15, 0.2) is 0 Å². The summed E-state index contributed by atoms with van der Waals surface area (Å²) < 4.78 is 19.3. The normalized spacial score (nSPS) is 21.1. The minimum absolute atomic E-state index is 0.102. The van der Waals surface area contributed by atoms with Crippen molar-refractivity contribution in [2.24, 2.45) is 0 Å². The highest BCUT2D eigenvalue weighted by Crippen LogP contribution is 2.40. The van der Waals surface area contributed by atoms with Crippen molar-refractivity contribution >= 4 is 0 Å². The Hall–Kier alpha value is -1.94. The van der Waals surface area contributed by atoms with Crippen LogP contribution in [0.1, 0.15) is 35.4 Å². The number of aryl methyl sites for hydroxylation is 1. The van der Waals surface area contributed by atoms with Gasteiger partial charge >= 0.3 is 0 Å². The lowest BCUT2D eigenvalue weighted by atomic mass is 9.93. The SMILES string of the molecule is CNC1CC(c2ccc(C)nc2)Oc2cc(F)ccc21. The first-order chi connectivity index (χ1) is 9.67. The fourth-order valence-electron chi connectivity index (χ4n) is 2.59. The van der Waals surface area contributed by atoms with Crippen LogP contribution in [-0.2, 0) is 0 Å². The topological polar surface area (TPSA) is 34.2 Å². The molecule has 2 aromatic rings. The molecule has 2 heterocycles. The zero-order chi connectivity index (χ0) is 14.1. The first kappa shape index (κ1) is 13.1. The Bertz CT molecular complexity index is 612. The van der Waals surface area contributed by atoms with E-state index in [1.165, 1.54) is 12.1 Å². The molecule has 0 fully saturated rings. The van der Waals surface area contributed by atoms with Crippen LogP contribution < -0.4 is 10.1 Å². The van der Waals surface area contributed by atoms with Gasteiger partial charge in [0.1, 0.15) is 17.7 Å². The summed E-state index contributed by atoms with van der Waals surface area (Å²) in [5.41, 5.74) is 3.00. The van der Waals surface area contributed by atoms with E-state index in [0.717, 1.165) is 23.2 Å². The van der Waals surface area contributed by atoms with Crippen molar-refractivity contribution in [1.82, 2.24) is 10.3 Å². The molecule has 0 spiro atoms. The second-order valence-corrected chi connectivity index (χ2v) is 5.10. The lowest BCUT2D eigenvalue weighted by molar-refractivity contribution is 0.153. The van der Waals surface area contributed by atoms with Crippen LogP contribution in [0.2, 0.25) is 0 Å². The highest BCUT2D eigenvalue weighted by Gasteiger charge is 2.28. The van der Waals surface area contributed by atoms with Crippen LogP contribution in [0.25, 0.3) is 0 Å². The largest absolute Gasteiger partial charge is 0.485 e. The zero-order valence-corrected chi connectivity index (χ0v) is 11.6. The average Bonchev–Trinajstić information content (AvgIpc) is 2.46. The van der Waals surface area contributed by atoms with E-state index in [1.54, 1.807) is 6.07 Å². The Morgan fingerprint density at radius 2 is 2.15 bits per heavy atom. The summed E-state index contributed by atoms with van der Waals surface area (Å²) in [6.07, 6.45) is 2.53. The first-order valence-electron chi connectivity index (χ1n) is 6.73. The third kappa shape index (κ3) is 2.39. The van der Waals surface area contributed by atoms with E-state index in [0.29, 0.717) is 5.75 Å². The van der Waals surface area contributed by atoms with E-state index < -0.39 is 0 Å². The van der Waals surface area contributed by atoms with Gasteiger partial charge in [0, 0.05) is 41.5 Å². The Morgan fingerprint density at radius 3 is 2.85 bits per heavy atom. The molecule has 4 heteroatoms. The smallest absolute Gasteiger partial charge is 0.127 e. The molecule has 20 heavy (non-hydrogen) atoms. The molecule has 1 aromatic carbocycles. The van der Waals surface area contributed by atoms with Gasteiger partial charge in [-0.2, -0.15) is 0 Å². The molecule has 2 unspecified atom stereocenters. The monoisotopic (exact) mass is 272 g/mol. The van der Waals surface area contributed by atoms with Crippen LogP contribution in [0.3, 0.4) is 0 Å². The zero-order valence-electron chi connectivity index (χ0n) is 11.6. The number of hydrogen-bond donors (Lipinski definition) is 1. The van der Waals surface area contributed by atoms with Crippen molar-refractivity contribution in [2.45, 2.75) is 25.5 Å². The maximum absolute atomic E-state index is 13.4. The second kappa shape index (κ2) is 5.21. The third-order valence-corrected chi connectivity index (χ3v) is 3.72. The summed E-state index contributed by atoms with van der Waals surface area (Å²) in [7, 11) is 1.91. The first-order valence-corrected chi connectivity index (χ1v) is 6.73. The van der Waals surface area contributed by atoms with Crippen molar-refractivity contribution < 1.29 is 9.13 Å². The summed E-state index contributed by atoms with van der Waals surface area (Å²) >= 11 is 0. The van der Waals surface area contributed by atoms with E-state index in [2.05, 4.69) is 10.3 Å². The van der Waals surface area contributed by atoms with E-state index in [1.807, 2.05) is 32.3 Å². The Kier molecular flexibility index (Phi) is 3.40. The van der Waals surface area contributed by atoms with E-state index in [-0.39, 0.29) is 18.0 Å². The summed E-state index contributed by atoms with van der Waals surface area (Å²) in [5, 5.41) is 3.27. The molecule has 1 N–H and O–H groups in total. The summed E-state index contributed by atoms with van der Waals surface area (Å²) in [6, 6.07) is 8.85. The molecule has 0 aliphatic carbocycles. The number of pyridine rings is 1. The van der Waals surface area contributed by atoms with E-state index in [4.69, 9.17) is 4.74 Å². The molecule has 1 aliphatic rings. The number of fused-ring (bicyclic) bond motifs is 1. The van der Waals surface area contributed by atoms with Gasteiger partial charge in [0.2, 0.25) is 0 Å². The van der Waals surface area contributed by atoms with Gasteiger partial charge < -0.3 is 10.1 Å². The number of nitrogens with zero attached hydrogens (tertiary/aromatic N) is 1. The van der Waals surface area contributed by atoms with Gasteiger partial charge in [-0.1, -0.05) is 12.1 Å². The molecular formula is C16H17FN2O. The predicted molar refractivity (Wildman–Crippen MR) is 75.2 cm³/mol. The van der Waals surface area contributed by atoms with E-state index >= 15 is 0 Å². The molecule has 1 aliphatic heterocycles. The molecule has 0 saturated carbocycles. The number of benzene rings is 1. The summed E-state index contributed by atoms with van der Waals surface area (Å²) in [4.78, 5) is 4.30. The lowest BCUT2D eigenvalue weighted by Crippen LogP contribution is -2.26. The van der Waals surface area contributed by atoms with Crippen molar-refractivity contribution in [3.8, 4) is 5.75 Å². The Morgan fingerprint density at radius 1 is 1.30 bits per heavy atom. The maximum Gasteiger partial charge on any atom is 0.127 e. The van der Waals surface area contributed by atoms with Gasteiger partial charge in [0.05, 0.1) is 0 Å². The fourth-order valence-corrected chi connectivity index (χ4v) is 2.59. The lowest BCUT2D eigenvalue weighted by Gasteiger charge is -2.32. The molecule has 0 amide bonds.